The highest BCUT2D eigenvalue weighted by molar-refractivity contribution is 7.92. The molecule has 7 heteroatoms. The first-order valence-electron chi connectivity index (χ1n) is 6.34. The van der Waals surface area contributed by atoms with Crippen LogP contribution >= 0.6 is 0 Å². The lowest BCUT2D eigenvalue weighted by molar-refractivity contribution is 0.597. The van der Waals surface area contributed by atoms with Crippen LogP contribution in [0.1, 0.15) is 5.69 Å². The molecule has 3 rings (SSSR count). The molecule has 1 aromatic carbocycles. The minimum atomic E-state index is -3.89. The molecule has 0 bridgehead atoms. The fourth-order valence-electron chi connectivity index (χ4n) is 2.01. The summed E-state index contributed by atoms with van der Waals surface area (Å²) in [7, 11) is -3.89. The zero-order valence-electron chi connectivity index (χ0n) is 11.3. The van der Waals surface area contributed by atoms with Crippen molar-refractivity contribution in [3.05, 3.63) is 60.4 Å². The fourth-order valence-corrected chi connectivity index (χ4v) is 3.05. The number of hydrogen-bond donors (Lipinski definition) is 1. The van der Waals surface area contributed by atoms with Crippen LogP contribution in [0.2, 0.25) is 0 Å². The molecule has 1 N–H and O–H groups in total. The Labute approximate surface area is 127 Å². The zero-order valence-corrected chi connectivity index (χ0v) is 12.1. The van der Waals surface area contributed by atoms with Gasteiger partial charge >= 0.3 is 0 Å². The summed E-state index contributed by atoms with van der Waals surface area (Å²) in [5, 5.41) is 9.43. The first-order valence-corrected chi connectivity index (χ1v) is 7.82. The first kappa shape index (κ1) is 14.0. The number of hydrogen-bond acceptors (Lipinski definition) is 5. The Morgan fingerprint density at radius 1 is 1.05 bits per heavy atom. The molecule has 108 valence electrons. The molecule has 0 radical (unpaired) electrons. The standard InChI is InChI=1S/C15H10N4O2S/c16-10-12-6-2-8-14(18-12)22(20,21)19-13-7-1-4-11-5-3-9-17-15(11)13/h1-9,19H. The minimum absolute atomic E-state index is 0.0407. The van der Waals surface area contributed by atoms with Crippen molar-refractivity contribution in [3.63, 3.8) is 0 Å². The summed E-state index contributed by atoms with van der Waals surface area (Å²) in [6.45, 7) is 0. The molecule has 0 amide bonds. The normalized spacial score (nSPS) is 11.0. The number of rotatable bonds is 3. The number of sulfonamides is 1. The molecule has 6 nitrogen and oxygen atoms in total. The minimum Gasteiger partial charge on any atom is -0.276 e. The summed E-state index contributed by atoms with van der Waals surface area (Å²) in [5.41, 5.74) is 0.950. The highest BCUT2D eigenvalue weighted by Crippen LogP contribution is 2.23. The molecule has 0 atom stereocenters. The Bertz CT molecular complexity index is 988. The Balaban J connectivity index is 2.05. The van der Waals surface area contributed by atoms with E-state index in [-0.39, 0.29) is 10.7 Å². The van der Waals surface area contributed by atoms with E-state index in [1.54, 1.807) is 24.4 Å². The van der Waals surface area contributed by atoms with Crippen LogP contribution in [0.4, 0.5) is 5.69 Å². The smallest absolute Gasteiger partial charge is 0.276 e. The number of anilines is 1. The molecular weight excluding hydrogens is 300 g/mol. The van der Waals surface area contributed by atoms with Crippen LogP contribution in [-0.4, -0.2) is 18.4 Å². The summed E-state index contributed by atoms with van der Waals surface area (Å²) in [4.78, 5) is 8.00. The molecule has 0 aliphatic rings. The average Bonchev–Trinajstić information content (AvgIpc) is 2.55. The molecule has 0 saturated heterocycles. The molecule has 0 spiro atoms. The van der Waals surface area contributed by atoms with Gasteiger partial charge < -0.3 is 0 Å². The lowest BCUT2D eigenvalue weighted by atomic mass is 10.2. The van der Waals surface area contributed by atoms with Crippen LogP contribution in [0.25, 0.3) is 10.9 Å². The highest BCUT2D eigenvalue weighted by Gasteiger charge is 2.17. The van der Waals surface area contributed by atoms with Gasteiger partial charge in [0, 0.05) is 11.6 Å². The zero-order chi connectivity index (χ0) is 15.6. The number of nitrogens with zero attached hydrogens (tertiary/aromatic N) is 3. The fraction of sp³-hybridized carbons (Fsp3) is 0. The van der Waals surface area contributed by atoms with Gasteiger partial charge in [-0.3, -0.25) is 9.71 Å². The van der Waals surface area contributed by atoms with Crippen molar-refractivity contribution in [1.29, 1.82) is 5.26 Å². The second-order valence-corrected chi connectivity index (χ2v) is 6.09. The predicted octanol–water partition coefficient (Wildman–Crippen LogP) is 2.30. The third-order valence-corrected chi connectivity index (χ3v) is 4.26. The van der Waals surface area contributed by atoms with Gasteiger partial charge in [0.1, 0.15) is 11.8 Å². The van der Waals surface area contributed by atoms with Crippen LogP contribution in [-0.2, 0) is 10.0 Å². The van der Waals surface area contributed by atoms with Crippen molar-refractivity contribution in [1.82, 2.24) is 9.97 Å². The van der Waals surface area contributed by atoms with Crippen LogP contribution in [0.3, 0.4) is 0 Å². The number of benzene rings is 1. The van der Waals surface area contributed by atoms with Gasteiger partial charge in [0.2, 0.25) is 0 Å². The molecule has 3 aromatic rings. The van der Waals surface area contributed by atoms with Crippen molar-refractivity contribution in [2.45, 2.75) is 5.03 Å². The van der Waals surface area contributed by atoms with E-state index in [1.165, 1.54) is 18.2 Å². The van der Waals surface area contributed by atoms with Gasteiger partial charge in [0.15, 0.2) is 5.03 Å². The number of nitriles is 1. The Morgan fingerprint density at radius 3 is 2.64 bits per heavy atom. The number of aromatic nitrogens is 2. The van der Waals surface area contributed by atoms with Crippen molar-refractivity contribution < 1.29 is 8.42 Å². The Hall–Kier alpha value is -2.98. The average molecular weight is 310 g/mol. The molecule has 0 fully saturated rings. The van der Waals surface area contributed by atoms with E-state index in [0.717, 1.165) is 5.39 Å². The lowest BCUT2D eigenvalue weighted by Gasteiger charge is -2.09. The van der Waals surface area contributed by atoms with Gasteiger partial charge in [-0.25, -0.2) is 4.98 Å². The highest BCUT2D eigenvalue weighted by atomic mass is 32.2. The van der Waals surface area contributed by atoms with Crippen LogP contribution in [0, 0.1) is 11.3 Å². The predicted molar refractivity (Wildman–Crippen MR) is 81.5 cm³/mol. The SMILES string of the molecule is N#Cc1cccc(S(=O)(=O)Nc2cccc3cccnc23)n1. The third-order valence-electron chi connectivity index (χ3n) is 2.99. The summed E-state index contributed by atoms with van der Waals surface area (Å²) < 4.78 is 27.3. The second kappa shape index (κ2) is 5.42. The number of pyridine rings is 2. The van der Waals surface area contributed by atoms with Crippen molar-refractivity contribution in [2.24, 2.45) is 0 Å². The molecule has 0 aliphatic heterocycles. The maximum Gasteiger partial charge on any atom is 0.279 e. The van der Waals surface area contributed by atoms with Crippen molar-refractivity contribution >= 4 is 26.6 Å². The van der Waals surface area contributed by atoms with Gasteiger partial charge in [-0.1, -0.05) is 24.3 Å². The van der Waals surface area contributed by atoms with Gasteiger partial charge in [-0.15, -0.1) is 0 Å². The topological polar surface area (TPSA) is 95.7 Å². The maximum atomic E-state index is 12.4. The summed E-state index contributed by atoms with van der Waals surface area (Å²) in [6, 6.07) is 14.9. The number of nitrogens with one attached hydrogen (secondary N) is 1. The quantitative estimate of drug-likeness (QED) is 0.800. The molecule has 0 saturated carbocycles. The lowest BCUT2D eigenvalue weighted by Crippen LogP contribution is -2.15. The van der Waals surface area contributed by atoms with Gasteiger partial charge in [-0.05, 0) is 24.3 Å². The second-order valence-electron chi connectivity index (χ2n) is 4.46. The van der Waals surface area contributed by atoms with E-state index in [4.69, 9.17) is 5.26 Å². The van der Waals surface area contributed by atoms with E-state index in [9.17, 15) is 8.42 Å². The third kappa shape index (κ3) is 2.60. The number of para-hydroxylation sites is 1. The molecule has 2 aromatic heterocycles. The van der Waals surface area contributed by atoms with E-state index in [0.29, 0.717) is 11.2 Å². The van der Waals surface area contributed by atoms with Crippen LogP contribution in [0.15, 0.2) is 59.8 Å². The van der Waals surface area contributed by atoms with Gasteiger partial charge in [0.05, 0.1) is 11.2 Å². The Morgan fingerprint density at radius 2 is 1.82 bits per heavy atom. The number of fused-ring (bicyclic) bond motifs is 1. The summed E-state index contributed by atoms with van der Waals surface area (Å²) >= 11 is 0. The Kier molecular flexibility index (Phi) is 3.45. The maximum absolute atomic E-state index is 12.4. The van der Waals surface area contributed by atoms with E-state index >= 15 is 0 Å². The molecule has 22 heavy (non-hydrogen) atoms. The van der Waals surface area contributed by atoms with E-state index in [2.05, 4.69) is 14.7 Å². The largest absolute Gasteiger partial charge is 0.279 e. The monoisotopic (exact) mass is 310 g/mol. The van der Waals surface area contributed by atoms with E-state index in [1.807, 2.05) is 18.2 Å². The van der Waals surface area contributed by atoms with Crippen LogP contribution < -0.4 is 4.72 Å². The van der Waals surface area contributed by atoms with Crippen LogP contribution in [0.5, 0.6) is 0 Å². The van der Waals surface area contributed by atoms with Gasteiger partial charge in [0.25, 0.3) is 10.0 Å². The summed E-state index contributed by atoms with van der Waals surface area (Å²) in [6.07, 6.45) is 1.59. The van der Waals surface area contributed by atoms with E-state index < -0.39 is 10.0 Å². The molecule has 0 aliphatic carbocycles. The molecule has 0 unspecified atom stereocenters. The molecule has 2 heterocycles. The summed E-state index contributed by atoms with van der Waals surface area (Å²) in [5.74, 6) is 0. The first-order chi connectivity index (χ1) is 10.6. The van der Waals surface area contributed by atoms with Gasteiger partial charge in [-0.2, -0.15) is 13.7 Å². The van der Waals surface area contributed by atoms with Crippen molar-refractivity contribution in [3.8, 4) is 6.07 Å². The van der Waals surface area contributed by atoms with Crippen molar-refractivity contribution in [2.75, 3.05) is 4.72 Å². The molecular formula is C15H10N4O2S.